The van der Waals surface area contributed by atoms with Crippen LogP contribution in [-0.2, 0) is 16.6 Å². The zero-order valence-electron chi connectivity index (χ0n) is 27.5. The van der Waals surface area contributed by atoms with Crippen LogP contribution in [0.4, 0.5) is 5.69 Å². The minimum Gasteiger partial charge on any atom is -0.342 e. The number of ketones is 1. The van der Waals surface area contributed by atoms with E-state index in [4.69, 9.17) is 0 Å². The Morgan fingerprint density at radius 2 is 1.58 bits per heavy atom. The second kappa shape index (κ2) is 15.8. The van der Waals surface area contributed by atoms with Gasteiger partial charge < -0.3 is 10.2 Å². The lowest BCUT2D eigenvalue weighted by Crippen LogP contribution is -2.26. The molecule has 0 fully saturated rings. The van der Waals surface area contributed by atoms with Crippen LogP contribution in [0.3, 0.4) is 0 Å². The number of carbonyl (C=O) groups is 3. The van der Waals surface area contributed by atoms with Crippen molar-refractivity contribution < 1.29 is 14.4 Å². The summed E-state index contributed by atoms with van der Waals surface area (Å²) in [5.74, 6) is -0.321. The molecule has 0 spiro atoms. The Balaban J connectivity index is 0.00000316. The monoisotopic (exact) mass is 581 g/mol. The molecular formula is C37H47N3O3. The van der Waals surface area contributed by atoms with Crippen LogP contribution in [0, 0.1) is 6.92 Å². The van der Waals surface area contributed by atoms with Gasteiger partial charge in [-0.2, -0.15) is 0 Å². The van der Waals surface area contributed by atoms with Gasteiger partial charge in [-0.3, -0.25) is 19.4 Å². The van der Waals surface area contributed by atoms with Crippen LogP contribution in [-0.4, -0.2) is 41.1 Å². The summed E-state index contributed by atoms with van der Waals surface area (Å²) < 4.78 is 0. The van der Waals surface area contributed by atoms with Crippen molar-refractivity contribution in [2.24, 2.45) is 0 Å². The SMILES string of the molecule is C/C=C(\C=C(\Cc1ccc(C(=O)N(C)CC)cn1)C(C)=O)c1cccc(NC(=O)c2ccc(C(C)(C)C)cc2)c1C.CC. The maximum atomic E-state index is 13.1. The van der Waals surface area contributed by atoms with Crippen LogP contribution in [0.25, 0.3) is 5.57 Å². The molecule has 2 aromatic carbocycles. The maximum Gasteiger partial charge on any atom is 0.255 e. The van der Waals surface area contributed by atoms with Gasteiger partial charge in [0.25, 0.3) is 11.8 Å². The van der Waals surface area contributed by atoms with Crippen molar-refractivity contribution in [1.82, 2.24) is 9.88 Å². The summed E-state index contributed by atoms with van der Waals surface area (Å²) in [6.45, 7) is 18.4. The lowest BCUT2D eigenvalue weighted by molar-refractivity contribution is -0.113. The Kier molecular flexibility index (Phi) is 12.8. The normalized spacial score (nSPS) is 11.8. The highest BCUT2D eigenvalue weighted by atomic mass is 16.2. The van der Waals surface area contributed by atoms with Gasteiger partial charge in [0.1, 0.15) is 0 Å². The van der Waals surface area contributed by atoms with Crippen molar-refractivity contribution in [3.05, 3.63) is 112 Å². The molecular weight excluding hydrogens is 534 g/mol. The minimum atomic E-state index is -0.175. The smallest absolute Gasteiger partial charge is 0.255 e. The molecule has 6 heteroatoms. The van der Waals surface area contributed by atoms with Crippen molar-refractivity contribution in [3.8, 4) is 0 Å². The third kappa shape index (κ3) is 9.34. The number of benzene rings is 2. The summed E-state index contributed by atoms with van der Waals surface area (Å²) in [5.41, 5.74) is 6.99. The standard InChI is InChI=1S/C35H41N3O3.C2H6/c1-9-25(20-28(24(4)39)21-30-19-16-27(22-36-30)34(41)38(8)10-2)31-12-11-13-32(23(31)3)37-33(40)26-14-17-29(18-15-26)35(5,6)7;1-2/h9,11-20,22H,10,21H2,1-8H3,(H,37,40);1-2H3/b25-9+,28-20-;. The number of nitrogens with zero attached hydrogens (tertiary/aromatic N) is 2. The number of pyridine rings is 1. The van der Waals surface area contributed by atoms with Gasteiger partial charge in [0.05, 0.1) is 5.56 Å². The van der Waals surface area contributed by atoms with E-state index in [1.54, 1.807) is 37.2 Å². The number of carbonyl (C=O) groups excluding carboxylic acids is 3. The van der Waals surface area contributed by atoms with E-state index in [-0.39, 0.29) is 23.0 Å². The first-order chi connectivity index (χ1) is 20.3. The number of Topliss-reactive ketones (excluding diaryl/α,β-unsaturated/α-hetero) is 1. The molecule has 0 aliphatic carbocycles. The topological polar surface area (TPSA) is 79.4 Å². The van der Waals surface area contributed by atoms with Gasteiger partial charge in [-0.15, -0.1) is 0 Å². The number of amides is 2. The van der Waals surface area contributed by atoms with Gasteiger partial charge in [0, 0.05) is 48.7 Å². The molecule has 0 atom stereocenters. The highest BCUT2D eigenvalue weighted by Gasteiger charge is 2.17. The Bertz CT molecular complexity index is 1470. The third-order valence-corrected chi connectivity index (χ3v) is 7.26. The van der Waals surface area contributed by atoms with Crippen LogP contribution in [0.2, 0.25) is 0 Å². The van der Waals surface area contributed by atoms with E-state index < -0.39 is 0 Å². The first-order valence-corrected chi connectivity index (χ1v) is 15.0. The lowest BCUT2D eigenvalue weighted by atomic mass is 9.86. The first-order valence-electron chi connectivity index (χ1n) is 15.0. The molecule has 1 N–H and O–H groups in total. The number of hydrogen-bond acceptors (Lipinski definition) is 4. The number of hydrogen-bond donors (Lipinski definition) is 1. The average molecular weight is 582 g/mol. The summed E-state index contributed by atoms with van der Waals surface area (Å²) in [7, 11) is 1.75. The van der Waals surface area contributed by atoms with Crippen LogP contribution in [0.15, 0.2) is 78.5 Å². The van der Waals surface area contributed by atoms with Gasteiger partial charge in [-0.05, 0) is 91.8 Å². The molecule has 0 bridgehead atoms. The number of allylic oxidation sites excluding steroid dienone is 4. The van der Waals surface area contributed by atoms with Gasteiger partial charge in [-0.25, -0.2) is 0 Å². The minimum absolute atomic E-state index is 0.0132. The van der Waals surface area contributed by atoms with E-state index in [0.29, 0.717) is 41.0 Å². The van der Waals surface area contributed by atoms with Crippen molar-refractivity contribution in [3.63, 3.8) is 0 Å². The molecule has 43 heavy (non-hydrogen) atoms. The second-order valence-corrected chi connectivity index (χ2v) is 11.3. The molecule has 1 aromatic heterocycles. The van der Waals surface area contributed by atoms with E-state index in [1.807, 2.05) is 89.2 Å². The molecule has 0 aliphatic heterocycles. The summed E-state index contributed by atoms with van der Waals surface area (Å²) in [5, 5.41) is 3.05. The largest absolute Gasteiger partial charge is 0.342 e. The summed E-state index contributed by atoms with van der Waals surface area (Å²) in [6, 6.07) is 17.0. The van der Waals surface area contributed by atoms with E-state index >= 15 is 0 Å². The fourth-order valence-electron chi connectivity index (χ4n) is 4.40. The Morgan fingerprint density at radius 3 is 2.09 bits per heavy atom. The maximum absolute atomic E-state index is 13.1. The van der Waals surface area contributed by atoms with Crippen molar-refractivity contribution in [1.29, 1.82) is 0 Å². The number of nitrogens with one attached hydrogen (secondary N) is 1. The molecule has 0 aliphatic rings. The Hall–Kier alpha value is -4.32. The molecule has 3 rings (SSSR count). The zero-order chi connectivity index (χ0) is 32.3. The number of aromatic nitrogens is 1. The van der Waals surface area contributed by atoms with Gasteiger partial charge in [0.15, 0.2) is 5.78 Å². The molecule has 2 amide bonds. The van der Waals surface area contributed by atoms with Gasteiger partial charge in [-0.1, -0.05) is 65.0 Å². The van der Waals surface area contributed by atoms with Gasteiger partial charge in [0.2, 0.25) is 0 Å². The molecule has 0 saturated heterocycles. The predicted molar refractivity (Wildman–Crippen MR) is 179 cm³/mol. The number of rotatable bonds is 9. The van der Waals surface area contributed by atoms with Gasteiger partial charge >= 0.3 is 0 Å². The highest BCUT2D eigenvalue weighted by molar-refractivity contribution is 6.05. The molecule has 0 saturated carbocycles. The number of anilines is 1. The lowest BCUT2D eigenvalue weighted by Gasteiger charge is -2.19. The van der Waals surface area contributed by atoms with Crippen molar-refractivity contribution >= 4 is 28.9 Å². The van der Waals surface area contributed by atoms with Crippen LogP contribution in [0.5, 0.6) is 0 Å². The first kappa shape index (κ1) is 34.9. The average Bonchev–Trinajstić information content (AvgIpc) is 3.00. The predicted octanol–water partition coefficient (Wildman–Crippen LogP) is 8.22. The van der Waals surface area contributed by atoms with E-state index in [1.165, 1.54) is 5.56 Å². The van der Waals surface area contributed by atoms with E-state index in [0.717, 1.165) is 16.7 Å². The van der Waals surface area contributed by atoms with Crippen LogP contribution < -0.4 is 5.32 Å². The molecule has 228 valence electrons. The Morgan fingerprint density at radius 1 is 0.953 bits per heavy atom. The van der Waals surface area contributed by atoms with E-state index in [2.05, 4.69) is 31.1 Å². The van der Waals surface area contributed by atoms with Crippen LogP contribution >= 0.6 is 0 Å². The molecule has 3 aromatic rings. The Labute approximate surface area is 257 Å². The molecule has 0 radical (unpaired) electrons. The fourth-order valence-corrected chi connectivity index (χ4v) is 4.40. The second-order valence-electron chi connectivity index (χ2n) is 11.3. The molecule has 6 nitrogen and oxygen atoms in total. The summed E-state index contributed by atoms with van der Waals surface area (Å²) in [6.07, 6.45) is 5.74. The zero-order valence-corrected chi connectivity index (χ0v) is 27.5. The molecule has 0 unspecified atom stereocenters. The van der Waals surface area contributed by atoms with E-state index in [9.17, 15) is 14.4 Å². The summed E-state index contributed by atoms with van der Waals surface area (Å²) in [4.78, 5) is 44.2. The van der Waals surface area contributed by atoms with Crippen molar-refractivity contribution in [2.75, 3.05) is 18.9 Å². The highest BCUT2D eigenvalue weighted by Crippen LogP contribution is 2.28. The fraction of sp³-hybridized carbons (Fsp3) is 0.351. The quantitative estimate of drug-likeness (QED) is 0.204. The summed E-state index contributed by atoms with van der Waals surface area (Å²) >= 11 is 0. The molecule has 1 heterocycles. The van der Waals surface area contributed by atoms with Crippen molar-refractivity contribution in [2.45, 2.75) is 74.1 Å². The third-order valence-electron chi connectivity index (χ3n) is 7.26. The van der Waals surface area contributed by atoms with Crippen LogP contribution in [0.1, 0.15) is 98.5 Å².